The van der Waals surface area contributed by atoms with E-state index < -0.39 is 58.5 Å². The van der Waals surface area contributed by atoms with Gasteiger partial charge in [-0.15, -0.1) is 0 Å². The van der Waals surface area contributed by atoms with Crippen LogP contribution in [0.3, 0.4) is 0 Å². The van der Waals surface area contributed by atoms with Gasteiger partial charge in [0.1, 0.15) is 17.0 Å². The van der Waals surface area contributed by atoms with Crippen LogP contribution in [0.5, 0.6) is 0 Å². The Labute approximate surface area is 204 Å². The van der Waals surface area contributed by atoms with Gasteiger partial charge in [-0.1, -0.05) is 30.3 Å². The van der Waals surface area contributed by atoms with E-state index in [2.05, 4.69) is 0 Å². The molecule has 0 atom stereocenters. The second-order valence-corrected chi connectivity index (χ2v) is 8.22. The van der Waals surface area contributed by atoms with Crippen molar-refractivity contribution in [3.63, 3.8) is 0 Å². The molecule has 0 N–H and O–H groups in total. The van der Waals surface area contributed by atoms with E-state index in [1.807, 2.05) is 0 Å². The lowest BCUT2D eigenvalue weighted by Crippen LogP contribution is -2.31. The molecule has 0 spiro atoms. The molecule has 11 heteroatoms. The Balaban J connectivity index is 1.82. The predicted molar refractivity (Wildman–Crippen MR) is 120 cm³/mol. The topological polar surface area (TPSA) is 50.5 Å². The highest BCUT2D eigenvalue weighted by atomic mass is 19.4. The lowest BCUT2D eigenvalue weighted by molar-refractivity contribution is -0.143. The minimum atomic E-state index is -5.06. The van der Waals surface area contributed by atoms with Crippen molar-refractivity contribution < 1.29 is 39.9 Å². The molecule has 4 nitrogen and oxygen atoms in total. The summed E-state index contributed by atoms with van der Waals surface area (Å²) in [5.41, 5.74) is -4.61. The maximum absolute atomic E-state index is 13.5. The van der Waals surface area contributed by atoms with Crippen LogP contribution in [0.15, 0.2) is 75.9 Å². The molecule has 0 aliphatic carbocycles. The first-order valence-corrected chi connectivity index (χ1v) is 10.6. The monoisotopic (exact) mass is 523 g/mol. The van der Waals surface area contributed by atoms with E-state index in [1.54, 1.807) is 18.2 Å². The molecule has 37 heavy (non-hydrogen) atoms. The van der Waals surface area contributed by atoms with Crippen molar-refractivity contribution in [2.24, 2.45) is 0 Å². The molecule has 0 bridgehead atoms. The first kappa shape index (κ1) is 25.9. The first-order valence-electron chi connectivity index (χ1n) is 10.6. The predicted octanol–water partition coefficient (Wildman–Crippen LogP) is 6.91. The van der Waals surface area contributed by atoms with Gasteiger partial charge in [0, 0.05) is 24.5 Å². The molecule has 0 aliphatic rings. The van der Waals surface area contributed by atoms with E-state index in [0.717, 1.165) is 24.1 Å². The lowest BCUT2D eigenvalue weighted by Gasteiger charge is -2.21. The third-order valence-corrected chi connectivity index (χ3v) is 5.57. The number of fused-ring (bicyclic) bond motifs is 1. The van der Waals surface area contributed by atoms with Gasteiger partial charge in [-0.05, 0) is 47.5 Å². The minimum absolute atomic E-state index is 0.0179. The van der Waals surface area contributed by atoms with Crippen LogP contribution in [0.2, 0.25) is 0 Å². The zero-order chi connectivity index (χ0) is 27.1. The molecule has 0 radical (unpaired) electrons. The zero-order valence-electron chi connectivity index (χ0n) is 18.9. The van der Waals surface area contributed by atoms with Crippen molar-refractivity contribution in [3.05, 3.63) is 105 Å². The molecule has 0 saturated carbocycles. The third-order valence-electron chi connectivity index (χ3n) is 5.57. The van der Waals surface area contributed by atoms with Crippen LogP contribution < -0.4 is 5.63 Å². The third kappa shape index (κ3) is 5.35. The molecule has 0 saturated heterocycles. The Morgan fingerprint density at radius 3 is 2.00 bits per heavy atom. The van der Waals surface area contributed by atoms with Crippen LogP contribution in [-0.4, -0.2) is 17.9 Å². The summed E-state index contributed by atoms with van der Waals surface area (Å²) in [7, 11) is 1.12. The van der Waals surface area contributed by atoms with Gasteiger partial charge >= 0.3 is 18.0 Å². The summed E-state index contributed by atoms with van der Waals surface area (Å²) in [6.07, 6.45) is -10.1. The number of rotatable bonds is 4. The van der Waals surface area contributed by atoms with Gasteiger partial charge in [-0.2, -0.15) is 26.3 Å². The number of carbonyl (C=O) groups is 1. The Bertz CT molecular complexity index is 1510. The fourth-order valence-corrected chi connectivity index (χ4v) is 3.91. The molecular weight excluding hydrogens is 507 g/mol. The Kier molecular flexibility index (Phi) is 6.57. The van der Waals surface area contributed by atoms with Crippen LogP contribution >= 0.6 is 0 Å². The van der Waals surface area contributed by atoms with Crippen LogP contribution in [0.1, 0.15) is 27.0 Å². The minimum Gasteiger partial charge on any atom is -0.422 e. The summed E-state index contributed by atoms with van der Waals surface area (Å²) in [6.45, 7) is -0.680. The number of hydrogen-bond donors (Lipinski definition) is 0. The van der Waals surface area contributed by atoms with Crippen molar-refractivity contribution in [1.29, 1.82) is 0 Å². The highest BCUT2D eigenvalue weighted by molar-refractivity contribution is 6.07. The van der Waals surface area contributed by atoms with E-state index >= 15 is 0 Å². The summed E-state index contributed by atoms with van der Waals surface area (Å²) in [4.78, 5) is 27.1. The SMILES string of the molecule is CN(Cc1cc(C(F)(F)F)cc(C(F)(F)F)c1)C(=O)c1c(-c2ccc(F)cc2)c2ccccc2oc1=O. The molecular formula is C26H16F7NO3. The lowest BCUT2D eigenvalue weighted by atomic mass is 9.96. The van der Waals surface area contributed by atoms with Crippen LogP contribution in [0.25, 0.3) is 22.1 Å². The fourth-order valence-electron chi connectivity index (χ4n) is 3.91. The molecule has 0 aliphatic heterocycles. The summed E-state index contributed by atoms with van der Waals surface area (Å²) in [5.74, 6) is -1.59. The number of hydrogen-bond acceptors (Lipinski definition) is 3. The summed E-state index contributed by atoms with van der Waals surface area (Å²) in [5, 5.41) is 0.323. The number of halogens is 7. The highest BCUT2D eigenvalue weighted by Gasteiger charge is 2.37. The van der Waals surface area contributed by atoms with Crippen LogP contribution in [0, 0.1) is 5.82 Å². The Morgan fingerprint density at radius 2 is 1.43 bits per heavy atom. The van der Waals surface area contributed by atoms with E-state index in [4.69, 9.17) is 4.42 Å². The summed E-state index contributed by atoms with van der Waals surface area (Å²) in [6, 6.07) is 12.1. The molecule has 1 heterocycles. The van der Waals surface area contributed by atoms with Crippen molar-refractivity contribution in [3.8, 4) is 11.1 Å². The fraction of sp³-hybridized carbons (Fsp3) is 0.154. The second kappa shape index (κ2) is 9.38. The first-order chi connectivity index (χ1) is 17.3. The van der Waals surface area contributed by atoms with E-state index in [0.29, 0.717) is 17.5 Å². The number of amides is 1. The second-order valence-electron chi connectivity index (χ2n) is 8.22. The number of alkyl halides is 6. The maximum atomic E-state index is 13.5. The average molecular weight is 523 g/mol. The van der Waals surface area contributed by atoms with E-state index in [9.17, 15) is 40.3 Å². The largest absolute Gasteiger partial charge is 0.422 e. The van der Waals surface area contributed by atoms with Gasteiger partial charge < -0.3 is 9.32 Å². The molecule has 1 amide bonds. The van der Waals surface area contributed by atoms with E-state index in [-0.39, 0.29) is 22.8 Å². The number of benzene rings is 3. The van der Waals surface area contributed by atoms with Crippen LogP contribution in [0.4, 0.5) is 30.7 Å². The van der Waals surface area contributed by atoms with Gasteiger partial charge in [-0.3, -0.25) is 4.79 Å². The van der Waals surface area contributed by atoms with Gasteiger partial charge in [0.25, 0.3) is 5.91 Å². The molecule has 4 aromatic rings. The Hall–Kier alpha value is -4.15. The quantitative estimate of drug-likeness (QED) is 0.216. The molecule has 1 aromatic heterocycles. The Morgan fingerprint density at radius 1 is 0.865 bits per heavy atom. The summed E-state index contributed by atoms with van der Waals surface area (Å²) >= 11 is 0. The molecule has 0 unspecified atom stereocenters. The molecule has 3 aromatic carbocycles. The number of nitrogens with zero attached hydrogens (tertiary/aromatic N) is 1. The van der Waals surface area contributed by atoms with Crippen molar-refractivity contribution in [2.45, 2.75) is 18.9 Å². The van der Waals surface area contributed by atoms with Crippen molar-refractivity contribution in [1.82, 2.24) is 4.90 Å². The normalized spacial score (nSPS) is 12.1. The molecule has 192 valence electrons. The van der Waals surface area contributed by atoms with Gasteiger partial charge in [-0.25, -0.2) is 9.18 Å². The van der Waals surface area contributed by atoms with Gasteiger partial charge in [0.2, 0.25) is 0 Å². The zero-order valence-corrected chi connectivity index (χ0v) is 18.9. The maximum Gasteiger partial charge on any atom is 0.416 e. The number of carbonyl (C=O) groups excluding carboxylic acids is 1. The van der Waals surface area contributed by atoms with Crippen molar-refractivity contribution in [2.75, 3.05) is 7.05 Å². The van der Waals surface area contributed by atoms with Crippen LogP contribution in [-0.2, 0) is 18.9 Å². The molecule has 0 fully saturated rings. The average Bonchev–Trinajstić information content (AvgIpc) is 2.82. The van der Waals surface area contributed by atoms with Gasteiger partial charge in [0.15, 0.2) is 0 Å². The highest BCUT2D eigenvalue weighted by Crippen LogP contribution is 2.37. The molecule has 4 rings (SSSR count). The smallest absolute Gasteiger partial charge is 0.416 e. The number of para-hydroxylation sites is 1. The van der Waals surface area contributed by atoms with Gasteiger partial charge in [0.05, 0.1) is 11.1 Å². The summed E-state index contributed by atoms with van der Waals surface area (Å²) < 4.78 is 98.2. The standard InChI is InChI=1S/C26H16F7NO3/c1-34(13-14-10-16(25(28,29)30)12-17(11-14)26(31,32)33)23(35)22-21(15-6-8-18(27)9-7-15)19-4-2-3-5-20(19)37-24(22)36/h2-12H,13H2,1H3. The van der Waals surface area contributed by atoms with Crippen molar-refractivity contribution >= 4 is 16.9 Å². The van der Waals surface area contributed by atoms with E-state index in [1.165, 1.54) is 18.2 Å².